The van der Waals surface area contributed by atoms with E-state index in [0.29, 0.717) is 28.2 Å². The maximum Gasteiger partial charge on any atom is 0.259 e. The van der Waals surface area contributed by atoms with Crippen LogP contribution in [-0.4, -0.2) is 31.3 Å². The third-order valence-electron chi connectivity index (χ3n) is 4.39. The molecular formula is C22H22FN2O4P. The van der Waals surface area contributed by atoms with E-state index < -0.39 is 13.0 Å². The summed E-state index contributed by atoms with van der Waals surface area (Å²) in [4.78, 5) is 17.0. The van der Waals surface area contributed by atoms with Crippen molar-refractivity contribution in [3.63, 3.8) is 0 Å². The van der Waals surface area contributed by atoms with Gasteiger partial charge in [0.15, 0.2) is 0 Å². The van der Waals surface area contributed by atoms with Crippen LogP contribution in [0.5, 0.6) is 17.4 Å². The van der Waals surface area contributed by atoms with Crippen LogP contribution in [0.25, 0.3) is 0 Å². The number of hydrogen-bond acceptors (Lipinski definition) is 5. The van der Waals surface area contributed by atoms with Crippen LogP contribution < -0.4 is 20.1 Å². The van der Waals surface area contributed by atoms with Crippen molar-refractivity contribution in [2.24, 2.45) is 0 Å². The predicted molar refractivity (Wildman–Crippen MR) is 115 cm³/mol. The van der Waals surface area contributed by atoms with Crippen molar-refractivity contribution < 1.29 is 23.2 Å². The van der Waals surface area contributed by atoms with Crippen molar-refractivity contribution in [1.29, 1.82) is 0 Å². The van der Waals surface area contributed by atoms with Gasteiger partial charge in [0.1, 0.15) is 24.5 Å². The van der Waals surface area contributed by atoms with Gasteiger partial charge in [0, 0.05) is 23.3 Å². The number of amides is 1. The Morgan fingerprint density at radius 3 is 2.50 bits per heavy atom. The SMILES string of the molecule is COc1cc(NC(=O)c2ccc(P(C)(C)=O)cc2Oc2ccc(F)cc2C)ccn1. The summed E-state index contributed by atoms with van der Waals surface area (Å²) >= 11 is 0. The lowest BCUT2D eigenvalue weighted by molar-refractivity contribution is 0.102. The second-order valence-corrected chi connectivity index (χ2v) is 10.3. The number of pyridine rings is 1. The largest absolute Gasteiger partial charge is 0.481 e. The van der Waals surface area contributed by atoms with E-state index in [1.807, 2.05) is 0 Å². The highest BCUT2D eigenvalue weighted by atomic mass is 31.2. The molecular weight excluding hydrogens is 406 g/mol. The van der Waals surface area contributed by atoms with Gasteiger partial charge in [-0.2, -0.15) is 0 Å². The number of benzene rings is 2. The molecule has 0 bridgehead atoms. The Morgan fingerprint density at radius 2 is 1.83 bits per heavy atom. The van der Waals surface area contributed by atoms with E-state index in [9.17, 15) is 13.8 Å². The average Bonchev–Trinajstić information content (AvgIpc) is 2.69. The third kappa shape index (κ3) is 5.05. The first-order valence-corrected chi connectivity index (χ1v) is 11.7. The van der Waals surface area contributed by atoms with Crippen molar-refractivity contribution in [1.82, 2.24) is 4.98 Å². The van der Waals surface area contributed by atoms with Gasteiger partial charge in [-0.25, -0.2) is 9.37 Å². The summed E-state index contributed by atoms with van der Waals surface area (Å²) in [6.45, 7) is 4.98. The Bertz CT molecular complexity index is 1140. The fraction of sp³-hybridized carbons (Fsp3) is 0.182. The van der Waals surface area contributed by atoms with Crippen molar-refractivity contribution in [3.05, 3.63) is 71.7 Å². The first kappa shape index (κ1) is 21.5. The van der Waals surface area contributed by atoms with Gasteiger partial charge in [-0.3, -0.25) is 4.79 Å². The number of ether oxygens (including phenoxy) is 2. The summed E-state index contributed by atoms with van der Waals surface area (Å²) in [7, 11) is -1.11. The maximum atomic E-state index is 13.4. The molecule has 0 aliphatic rings. The average molecular weight is 428 g/mol. The van der Waals surface area contributed by atoms with Crippen molar-refractivity contribution >= 4 is 24.0 Å². The van der Waals surface area contributed by atoms with E-state index in [1.165, 1.54) is 31.5 Å². The zero-order chi connectivity index (χ0) is 21.9. The zero-order valence-electron chi connectivity index (χ0n) is 17.1. The number of carbonyl (C=O) groups excluding carboxylic acids is 1. The molecule has 0 spiro atoms. The molecule has 2 aromatic carbocycles. The molecule has 0 unspecified atom stereocenters. The second kappa shape index (κ2) is 8.67. The van der Waals surface area contributed by atoms with Gasteiger partial charge < -0.3 is 19.4 Å². The monoisotopic (exact) mass is 428 g/mol. The van der Waals surface area contributed by atoms with E-state index in [0.717, 1.165) is 0 Å². The van der Waals surface area contributed by atoms with E-state index in [1.54, 1.807) is 50.6 Å². The van der Waals surface area contributed by atoms with Crippen LogP contribution in [0.1, 0.15) is 15.9 Å². The zero-order valence-corrected chi connectivity index (χ0v) is 18.0. The fourth-order valence-electron chi connectivity index (χ4n) is 2.76. The molecule has 1 heterocycles. The molecule has 3 rings (SSSR count). The molecule has 0 aliphatic carbocycles. The summed E-state index contributed by atoms with van der Waals surface area (Å²) in [5.74, 6) is 0.177. The number of aromatic nitrogens is 1. The fourth-order valence-corrected chi connectivity index (χ4v) is 3.62. The molecule has 0 atom stereocenters. The molecule has 0 radical (unpaired) electrons. The van der Waals surface area contributed by atoms with Crippen LogP contribution in [0.15, 0.2) is 54.7 Å². The molecule has 1 aromatic heterocycles. The molecule has 0 saturated heterocycles. The normalized spacial score (nSPS) is 11.1. The highest BCUT2D eigenvalue weighted by molar-refractivity contribution is 7.70. The van der Waals surface area contributed by atoms with Gasteiger partial charge >= 0.3 is 0 Å². The number of methoxy groups -OCH3 is 1. The van der Waals surface area contributed by atoms with Gasteiger partial charge in [0.2, 0.25) is 5.88 Å². The second-order valence-electron chi connectivity index (χ2n) is 7.08. The summed E-state index contributed by atoms with van der Waals surface area (Å²) in [5.41, 5.74) is 1.31. The number of hydrogen-bond donors (Lipinski definition) is 1. The predicted octanol–water partition coefficient (Wildman–Crippen LogP) is 4.83. The quantitative estimate of drug-likeness (QED) is 0.569. The number of rotatable bonds is 6. The Morgan fingerprint density at radius 1 is 1.07 bits per heavy atom. The third-order valence-corrected chi connectivity index (χ3v) is 5.91. The first-order valence-electron chi connectivity index (χ1n) is 9.12. The number of nitrogens with one attached hydrogen (secondary N) is 1. The van der Waals surface area contributed by atoms with Gasteiger partial charge in [-0.05, 0) is 62.2 Å². The van der Waals surface area contributed by atoms with E-state index in [-0.39, 0.29) is 17.1 Å². The van der Waals surface area contributed by atoms with Crippen LogP contribution in [0.3, 0.4) is 0 Å². The van der Waals surface area contributed by atoms with Crippen LogP contribution >= 0.6 is 7.14 Å². The molecule has 0 saturated carbocycles. The lowest BCUT2D eigenvalue weighted by atomic mass is 10.1. The smallest absolute Gasteiger partial charge is 0.259 e. The Balaban J connectivity index is 1.99. The first-order chi connectivity index (χ1) is 14.2. The Kier molecular flexibility index (Phi) is 6.22. The molecule has 8 heteroatoms. The highest BCUT2D eigenvalue weighted by Gasteiger charge is 2.20. The minimum atomic E-state index is -2.59. The van der Waals surface area contributed by atoms with Crippen LogP contribution in [0.2, 0.25) is 0 Å². The summed E-state index contributed by atoms with van der Waals surface area (Å²) in [5, 5.41) is 3.34. The van der Waals surface area contributed by atoms with Crippen molar-refractivity contribution in [3.8, 4) is 17.4 Å². The topological polar surface area (TPSA) is 77.5 Å². The lowest BCUT2D eigenvalue weighted by Crippen LogP contribution is -2.15. The standard InChI is InChI=1S/C22H22FN2O4P/c1-14-11-15(23)5-8-19(14)29-20-13-17(30(3,4)27)6-7-18(20)22(26)25-16-9-10-24-21(12-16)28-2/h5-13H,1-4H3,(H,24,25,26). The minimum absolute atomic E-state index is 0.227. The number of halogens is 1. The van der Waals surface area contributed by atoms with Gasteiger partial charge in [0.05, 0.1) is 12.7 Å². The molecule has 1 amide bonds. The Labute approximate surface area is 174 Å². The van der Waals surface area contributed by atoms with E-state index in [4.69, 9.17) is 9.47 Å². The highest BCUT2D eigenvalue weighted by Crippen LogP contribution is 2.38. The minimum Gasteiger partial charge on any atom is -0.481 e. The summed E-state index contributed by atoms with van der Waals surface area (Å²) in [6.07, 6.45) is 1.52. The summed E-state index contributed by atoms with van der Waals surface area (Å²) in [6, 6.07) is 12.1. The van der Waals surface area contributed by atoms with Gasteiger partial charge in [0.25, 0.3) is 5.91 Å². The van der Waals surface area contributed by atoms with Crippen molar-refractivity contribution in [2.45, 2.75) is 6.92 Å². The maximum absolute atomic E-state index is 13.4. The number of nitrogens with zero attached hydrogens (tertiary/aromatic N) is 1. The molecule has 30 heavy (non-hydrogen) atoms. The lowest BCUT2D eigenvalue weighted by Gasteiger charge is -2.16. The van der Waals surface area contributed by atoms with E-state index in [2.05, 4.69) is 10.3 Å². The summed E-state index contributed by atoms with van der Waals surface area (Å²) < 4.78 is 37.0. The van der Waals surface area contributed by atoms with Crippen LogP contribution in [-0.2, 0) is 4.57 Å². The van der Waals surface area contributed by atoms with Gasteiger partial charge in [-0.15, -0.1) is 0 Å². The molecule has 0 fully saturated rings. The number of aryl methyl sites for hydroxylation is 1. The Hall–Kier alpha value is -3.18. The molecule has 6 nitrogen and oxygen atoms in total. The van der Waals surface area contributed by atoms with Crippen LogP contribution in [0.4, 0.5) is 10.1 Å². The molecule has 0 aliphatic heterocycles. The van der Waals surface area contributed by atoms with Crippen LogP contribution in [0, 0.1) is 12.7 Å². The molecule has 3 aromatic rings. The van der Waals surface area contributed by atoms with Crippen molar-refractivity contribution in [2.75, 3.05) is 25.8 Å². The molecule has 1 N–H and O–H groups in total. The number of carbonyl (C=O) groups is 1. The number of anilines is 1. The van der Waals surface area contributed by atoms with Gasteiger partial charge in [-0.1, -0.05) is 6.07 Å². The van der Waals surface area contributed by atoms with E-state index >= 15 is 0 Å². The molecule has 156 valence electrons.